The van der Waals surface area contributed by atoms with Crippen LogP contribution in [0.5, 0.6) is 11.5 Å². The van der Waals surface area contributed by atoms with Crippen molar-refractivity contribution in [3.8, 4) is 11.5 Å². The number of hydrogen-bond donors (Lipinski definition) is 2. The molecule has 0 aliphatic heterocycles. The first-order chi connectivity index (χ1) is 10.2. The largest absolute Gasteiger partial charge is 0.490 e. The molecule has 0 bridgehead atoms. The van der Waals surface area contributed by atoms with Gasteiger partial charge in [-0.1, -0.05) is 18.2 Å². The number of oxazole rings is 1. The van der Waals surface area contributed by atoms with E-state index in [1.165, 1.54) is 0 Å². The SMILES string of the molecule is Nc1cc2oc(=O)[nH]c2cc1OCCOc1ccccc1. The highest BCUT2D eigenvalue weighted by atomic mass is 16.5. The van der Waals surface area contributed by atoms with Crippen LogP contribution in [0.15, 0.2) is 51.7 Å². The molecule has 0 fully saturated rings. The first kappa shape index (κ1) is 13.1. The van der Waals surface area contributed by atoms with Gasteiger partial charge < -0.3 is 19.6 Å². The smallest absolute Gasteiger partial charge is 0.417 e. The van der Waals surface area contributed by atoms with Crippen LogP contribution < -0.4 is 21.0 Å². The number of para-hydroxylation sites is 1. The Morgan fingerprint density at radius 2 is 1.86 bits per heavy atom. The number of H-pyrrole nitrogens is 1. The maximum Gasteiger partial charge on any atom is 0.417 e. The third kappa shape index (κ3) is 3.00. The summed E-state index contributed by atoms with van der Waals surface area (Å²) in [6.07, 6.45) is 0. The molecule has 0 amide bonds. The Hall–Kier alpha value is -2.89. The van der Waals surface area contributed by atoms with E-state index in [-0.39, 0.29) is 0 Å². The summed E-state index contributed by atoms with van der Waals surface area (Å²) in [6, 6.07) is 12.7. The number of nitrogens with two attached hydrogens (primary N) is 1. The molecule has 1 heterocycles. The molecule has 6 nitrogen and oxygen atoms in total. The van der Waals surface area contributed by atoms with Crippen molar-refractivity contribution in [1.29, 1.82) is 0 Å². The second-order valence-corrected chi connectivity index (χ2v) is 4.41. The highest BCUT2D eigenvalue weighted by Crippen LogP contribution is 2.26. The van der Waals surface area contributed by atoms with Gasteiger partial charge in [0.25, 0.3) is 0 Å². The topological polar surface area (TPSA) is 90.5 Å². The number of fused-ring (bicyclic) bond motifs is 1. The molecule has 6 heteroatoms. The van der Waals surface area contributed by atoms with E-state index in [1.807, 2.05) is 30.3 Å². The second-order valence-electron chi connectivity index (χ2n) is 4.41. The van der Waals surface area contributed by atoms with Gasteiger partial charge >= 0.3 is 5.76 Å². The van der Waals surface area contributed by atoms with E-state index in [0.717, 1.165) is 5.75 Å². The number of anilines is 1. The maximum absolute atomic E-state index is 11.1. The summed E-state index contributed by atoms with van der Waals surface area (Å²) < 4.78 is 16.0. The second kappa shape index (κ2) is 5.62. The van der Waals surface area contributed by atoms with Gasteiger partial charge in [0.15, 0.2) is 5.58 Å². The van der Waals surface area contributed by atoms with E-state index in [1.54, 1.807) is 12.1 Å². The predicted molar refractivity (Wildman–Crippen MR) is 78.7 cm³/mol. The van der Waals surface area contributed by atoms with Gasteiger partial charge in [0, 0.05) is 12.1 Å². The van der Waals surface area contributed by atoms with E-state index in [2.05, 4.69) is 4.98 Å². The Kier molecular flexibility index (Phi) is 3.51. The average molecular weight is 286 g/mol. The van der Waals surface area contributed by atoms with E-state index in [4.69, 9.17) is 19.6 Å². The molecular formula is C15H14N2O4. The summed E-state index contributed by atoms with van der Waals surface area (Å²) in [5.74, 6) is 0.744. The van der Waals surface area contributed by atoms with Crippen LogP contribution in [0.3, 0.4) is 0 Å². The summed E-state index contributed by atoms with van der Waals surface area (Å²) in [7, 11) is 0. The Bertz CT molecular complexity index is 792. The lowest BCUT2D eigenvalue weighted by molar-refractivity contribution is 0.218. The van der Waals surface area contributed by atoms with Gasteiger partial charge in [0.05, 0.1) is 11.2 Å². The van der Waals surface area contributed by atoms with Crippen LogP contribution in [0.1, 0.15) is 0 Å². The fraction of sp³-hybridized carbons (Fsp3) is 0.133. The molecule has 0 saturated carbocycles. The van der Waals surface area contributed by atoms with Gasteiger partial charge in [0.2, 0.25) is 0 Å². The normalized spacial score (nSPS) is 10.7. The van der Waals surface area contributed by atoms with Crippen molar-refractivity contribution in [2.24, 2.45) is 0 Å². The van der Waals surface area contributed by atoms with Crippen molar-refractivity contribution in [1.82, 2.24) is 4.98 Å². The Morgan fingerprint density at radius 1 is 1.10 bits per heavy atom. The summed E-state index contributed by atoms with van der Waals surface area (Å²) in [5, 5.41) is 0. The molecule has 0 radical (unpaired) electrons. The maximum atomic E-state index is 11.1. The Labute approximate surface area is 120 Å². The molecule has 0 aliphatic rings. The molecule has 0 atom stereocenters. The molecule has 0 saturated heterocycles. The molecule has 3 rings (SSSR count). The highest BCUT2D eigenvalue weighted by Gasteiger charge is 2.07. The number of nitrogens with one attached hydrogen (secondary N) is 1. The lowest BCUT2D eigenvalue weighted by atomic mass is 10.2. The minimum atomic E-state index is -0.519. The van der Waals surface area contributed by atoms with Gasteiger partial charge in [-0.05, 0) is 12.1 Å². The molecule has 3 aromatic rings. The number of hydrogen-bond acceptors (Lipinski definition) is 5. The van der Waals surface area contributed by atoms with Crippen molar-refractivity contribution < 1.29 is 13.9 Å². The van der Waals surface area contributed by atoms with Crippen LogP contribution in [0.4, 0.5) is 5.69 Å². The molecule has 108 valence electrons. The molecule has 1 aromatic heterocycles. The number of benzene rings is 2. The van der Waals surface area contributed by atoms with Crippen LogP contribution in [0.2, 0.25) is 0 Å². The van der Waals surface area contributed by atoms with Gasteiger partial charge in [-0.2, -0.15) is 0 Å². The highest BCUT2D eigenvalue weighted by molar-refractivity contribution is 5.80. The fourth-order valence-electron chi connectivity index (χ4n) is 1.95. The standard InChI is InChI=1S/C15H14N2O4/c16-11-8-14-12(17-15(18)21-14)9-13(11)20-7-6-19-10-4-2-1-3-5-10/h1-5,8-9H,6-7,16H2,(H,17,18). The molecule has 0 aliphatic carbocycles. The third-order valence-electron chi connectivity index (χ3n) is 2.90. The zero-order valence-corrected chi connectivity index (χ0v) is 11.2. The summed E-state index contributed by atoms with van der Waals surface area (Å²) in [4.78, 5) is 13.7. The number of rotatable bonds is 5. The zero-order valence-electron chi connectivity index (χ0n) is 11.2. The van der Waals surface area contributed by atoms with Crippen molar-refractivity contribution in [2.45, 2.75) is 0 Å². The van der Waals surface area contributed by atoms with Crippen LogP contribution in [0, 0.1) is 0 Å². The number of ether oxygens (including phenoxy) is 2. The molecular weight excluding hydrogens is 272 g/mol. The van der Waals surface area contributed by atoms with Crippen LogP contribution in [-0.2, 0) is 0 Å². The number of aromatic nitrogens is 1. The van der Waals surface area contributed by atoms with Crippen molar-refractivity contribution in [2.75, 3.05) is 18.9 Å². The van der Waals surface area contributed by atoms with E-state index in [9.17, 15) is 4.79 Å². The first-order valence-corrected chi connectivity index (χ1v) is 6.45. The quantitative estimate of drug-likeness (QED) is 0.554. The van der Waals surface area contributed by atoms with Gasteiger partial charge in [-0.15, -0.1) is 0 Å². The van der Waals surface area contributed by atoms with Gasteiger partial charge in [-0.3, -0.25) is 4.98 Å². The van der Waals surface area contributed by atoms with Crippen LogP contribution in [-0.4, -0.2) is 18.2 Å². The Morgan fingerprint density at radius 3 is 2.67 bits per heavy atom. The van der Waals surface area contributed by atoms with Gasteiger partial charge in [0.1, 0.15) is 24.7 Å². The molecule has 21 heavy (non-hydrogen) atoms. The third-order valence-corrected chi connectivity index (χ3v) is 2.90. The monoisotopic (exact) mass is 286 g/mol. The first-order valence-electron chi connectivity index (χ1n) is 6.45. The van der Waals surface area contributed by atoms with Crippen molar-refractivity contribution in [3.63, 3.8) is 0 Å². The summed E-state index contributed by atoms with van der Waals surface area (Å²) in [5.41, 5.74) is 7.21. The summed E-state index contributed by atoms with van der Waals surface area (Å²) >= 11 is 0. The van der Waals surface area contributed by atoms with E-state index >= 15 is 0 Å². The van der Waals surface area contributed by atoms with Crippen molar-refractivity contribution >= 4 is 16.8 Å². The molecule has 0 unspecified atom stereocenters. The van der Waals surface area contributed by atoms with Crippen molar-refractivity contribution in [3.05, 3.63) is 53.0 Å². The molecule has 0 spiro atoms. The lowest BCUT2D eigenvalue weighted by Gasteiger charge is -2.10. The number of aromatic amines is 1. The fourth-order valence-corrected chi connectivity index (χ4v) is 1.95. The minimum Gasteiger partial charge on any atom is -0.490 e. The predicted octanol–water partition coefficient (Wildman–Crippen LogP) is 2.16. The molecule has 3 N–H and O–H groups in total. The van der Waals surface area contributed by atoms with Crippen LogP contribution in [0.25, 0.3) is 11.1 Å². The van der Waals surface area contributed by atoms with E-state index < -0.39 is 5.76 Å². The van der Waals surface area contributed by atoms with Gasteiger partial charge in [-0.25, -0.2) is 4.79 Å². The average Bonchev–Trinajstić information content (AvgIpc) is 2.83. The van der Waals surface area contributed by atoms with Crippen LogP contribution >= 0.6 is 0 Å². The molecule has 2 aromatic carbocycles. The minimum absolute atomic E-state index is 0.340. The summed E-state index contributed by atoms with van der Waals surface area (Å²) in [6.45, 7) is 0.732. The number of nitrogen functional groups attached to an aromatic ring is 1. The van der Waals surface area contributed by atoms with E-state index in [0.29, 0.717) is 35.8 Å². The zero-order chi connectivity index (χ0) is 14.7. The Balaban J connectivity index is 1.62. The lowest BCUT2D eigenvalue weighted by Crippen LogP contribution is -2.09.